The number of carbonyl (C=O) groups excluding carboxylic acids is 4. The Hall–Kier alpha value is -4.90. The summed E-state index contributed by atoms with van der Waals surface area (Å²) in [7, 11) is 0. The number of nitrogens with zero attached hydrogens (tertiary/aromatic N) is 2. The van der Waals surface area contributed by atoms with Crippen LogP contribution in [-0.4, -0.2) is 79.5 Å². The van der Waals surface area contributed by atoms with Gasteiger partial charge in [-0.25, -0.2) is 0 Å². The van der Waals surface area contributed by atoms with Gasteiger partial charge in [-0.2, -0.15) is 0 Å². The summed E-state index contributed by atoms with van der Waals surface area (Å²) in [5.74, 6) is -0.174. The number of anilines is 1. The molecule has 1 aliphatic carbocycles. The molecule has 4 amide bonds. The Labute approximate surface area is 273 Å². The van der Waals surface area contributed by atoms with Gasteiger partial charge in [0.1, 0.15) is 17.6 Å². The number of nitrogens with one attached hydrogen (secondary N) is 3. The van der Waals surface area contributed by atoms with E-state index in [4.69, 9.17) is 9.47 Å². The third-order valence-electron chi connectivity index (χ3n) is 9.09. The predicted octanol–water partition coefficient (Wildman–Crippen LogP) is 2.74. The fraction of sp³-hybridized carbons (Fsp3) is 0.389. The molecular formula is C36H39N5O6. The summed E-state index contributed by atoms with van der Waals surface area (Å²) >= 11 is 0. The zero-order chi connectivity index (χ0) is 32.5. The molecule has 0 unspecified atom stereocenters. The number of carbonyl (C=O) groups is 4. The minimum atomic E-state index is -0.446. The SMILES string of the molecule is Cc1ccc2c(c1)CCCN2C(=O)CN1C[C@@H]2NC(=O)c3cc(cc(C(=O)NC4CC4)c3)OCC(=O)NCc3ccc(cc3)O[C@H]2C1. The van der Waals surface area contributed by atoms with E-state index in [1.165, 1.54) is 23.3 Å². The first-order valence-corrected chi connectivity index (χ1v) is 16.3. The summed E-state index contributed by atoms with van der Waals surface area (Å²) in [6.07, 6.45) is 3.26. The van der Waals surface area contributed by atoms with Crippen LogP contribution in [0.25, 0.3) is 0 Å². The molecule has 0 aromatic heterocycles. The second kappa shape index (κ2) is 13.1. The summed E-state index contributed by atoms with van der Waals surface area (Å²) in [4.78, 5) is 56.9. The van der Waals surface area contributed by atoms with Gasteiger partial charge in [-0.15, -0.1) is 0 Å². The summed E-state index contributed by atoms with van der Waals surface area (Å²) in [5, 5.41) is 8.89. The van der Waals surface area contributed by atoms with Gasteiger partial charge in [0, 0.05) is 49.0 Å². The van der Waals surface area contributed by atoms with Crippen LogP contribution in [0.2, 0.25) is 0 Å². The van der Waals surface area contributed by atoms with E-state index in [2.05, 4.69) is 28.9 Å². The molecule has 5 aliphatic rings. The van der Waals surface area contributed by atoms with Crippen LogP contribution in [0.1, 0.15) is 56.7 Å². The monoisotopic (exact) mass is 637 g/mol. The predicted molar refractivity (Wildman–Crippen MR) is 175 cm³/mol. The van der Waals surface area contributed by atoms with Gasteiger partial charge in [-0.1, -0.05) is 29.8 Å². The molecule has 3 aromatic rings. The minimum Gasteiger partial charge on any atom is -0.487 e. The smallest absolute Gasteiger partial charge is 0.258 e. The summed E-state index contributed by atoms with van der Waals surface area (Å²) in [6, 6.07) is 18.0. The Morgan fingerprint density at radius 3 is 2.62 bits per heavy atom. The molecule has 1 saturated carbocycles. The van der Waals surface area contributed by atoms with Crippen LogP contribution in [-0.2, 0) is 22.6 Å². The average Bonchev–Trinajstić information content (AvgIpc) is 3.81. The minimum absolute atomic E-state index is 0.0116. The van der Waals surface area contributed by atoms with Crippen molar-refractivity contribution in [3.05, 3.63) is 88.5 Å². The van der Waals surface area contributed by atoms with Crippen LogP contribution in [0.15, 0.2) is 60.7 Å². The standard InChI is InChI=1S/C36H39N5O6/c1-22-4-11-31-24(13-22)3-2-12-41(31)34(43)20-40-18-30-32(19-40)47-28-9-5-23(6-10-28)17-37-33(42)21-46-29-15-25(35(44)38-27-7-8-27)14-26(16-29)36(45)39-30/h4-6,9-11,13-16,27,30,32H,2-3,7-8,12,17-21H2,1H3,(H,37,42)(H,38,44)(H,39,45)/t30-,32-/m0/s1. The van der Waals surface area contributed by atoms with E-state index in [1.54, 1.807) is 6.07 Å². The Morgan fingerprint density at radius 1 is 0.979 bits per heavy atom. The van der Waals surface area contributed by atoms with E-state index in [-0.39, 0.29) is 53.8 Å². The van der Waals surface area contributed by atoms with E-state index in [0.29, 0.717) is 31.9 Å². The lowest BCUT2D eigenvalue weighted by Crippen LogP contribution is -2.45. The maximum atomic E-state index is 13.8. The lowest BCUT2D eigenvalue weighted by molar-refractivity contribution is -0.123. The largest absolute Gasteiger partial charge is 0.487 e. The second-order valence-electron chi connectivity index (χ2n) is 12.9. The fourth-order valence-electron chi connectivity index (χ4n) is 6.45. The number of hydrogen-bond donors (Lipinski definition) is 3. The molecule has 4 heterocycles. The molecule has 4 aliphatic heterocycles. The highest BCUT2D eigenvalue weighted by atomic mass is 16.5. The van der Waals surface area contributed by atoms with Gasteiger partial charge in [-0.3, -0.25) is 24.1 Å². The first kappa shape index (κ1) is 30.7. The number of rotatable bonds is 4. The van der Waals surface area contributed by atoms with Crippen molar-refractivity contribution in [1.82, 2.24) is 20.9 Å². The Morgan fingerprint density at radius 2 is 1.81 bits per heavy atom. The molecule has 2 fully saturated rings. The number of benzene rings is 3. The van der Waals surface area contributed by atoms with Gasteiger partial charge in [0.25, 0.3) is 17.7 Å². The van der Waals surface area contributed by atoms with E-state index in [0.717, 1.165) is 36.9 Å². The highest BCUT2D eigenvalue weighted by Crippen LogP contribution is 2.29. The lowest BCUT2D eigenvalue weighted by atomic mass is 9.99. The van der Waals surface area contributed by atoms with Crippen LogP contribution < -0.4 is 30.3 Å². The van der Waals surface area contributed by atoms with Gasteiger partial charge >= 0.3 is 0 Å². The maximum Gasteiger partial charge on any atom is 0.258 e. The molecule has 0 radical (unpaired) electrons. The first-order chi connectivity index (χ1) is 22.8. The fourth-order valence-corrected chi connectivity index (χ4v) is 6.45. The molecule has 11 nitrogen and oxygen atoms in total. The molecule has 244 valence electrons. The molecule has 3 N–H and O–H groups in total. The lowest BCUT2D eigenvalue weighted by Gasteiger charge is -2.31. The number of amides is 4. The van der Waals surface area contributed by atoms with Crippen LogP contribution in [0.4, 0.5) is 5.69 Å². The Bertz CT molecular complexity index is 1700. The highest BCUT2D eigenvalue weighted by Gasteiger charge is 2.38. The number of hydrogen-bond acceptors (Lipinski definition) is 7. The molecule has 11 heteroatoms. The van der Waals surface area contributed by atoms with Gasteiger partial charge in [0.2, 0.25) is 5.91 Å². The van der Waals surface area contributed by atoms with Gasteiger partial charge < -0.3 is 30.3 Å². The van der Waals surface area contributed by atoms with E-state index in [1.807, 2.05) is 46.2 Å². The molecule has 47 heavy (non-hydrogen) atoms. The molecule has 1 saturated heterocycles. The van der Waals surface area contributed by atoms with Crippen molar-refractivity contribution < 1.29 is 28.7 Å². The molecule has 0 spiro atoms. The van der Waals surface area contributed by atoms with Crippen molar-refractivity contribution in [2.45, 2.75) is 57.3 Å². The maximum absolute atomic E-state index is 13.8. The van der Waals surface area contributed by atoms with Crippen LogP contribution in [0, 0.1) is 6.92 Å². The average molecular weight is 638 g/mol. The van der Waals surface area contributed by atoms with Crippen molar-refractivity contribution >= 4 is 29.3 Å². The summed E-state index contributed by atoms with van der Waals surface area (Å²) < 4.78 is 12.2. The molecule has 2 atom stereocenters. The Kier molecular flexibility index (Phi) is 8.55. The van der Waals surface area contributed by atoms with Crippen molar-refractivity contribution in [3.63, 3.8) is 0 Å². The van der Waals surface area contributed by atoms with Crippen LogP contribution >= 0.6 is 0 Å². The number of ether oxygens (including phenoxy) is 2. The molecule has 3 aromatic carbocycles. The zero-order valence-corrected chi connectivity index (χ0v) is 26.4. The van der Waals surface area contributed by atoms with Crippen LogP contribution in [0.5, 0.6) is 11.5 Å². The summed E-state index contributed by atoms with van der Waals surface area (Å²) in [6.45, 7) is 3.79. The third kappa shape index (κ3) is 7.25. The van der Waals surface area contributed by atoms with Gasteiger partial charge in [0.15, 0.2) is 6.61 Å². The van der Waals surface area contributed by atoms with Crippen molar-refractivity contribution in [3.8, 4) is 11.5 Å². The van der Waals surface area contributed by atoms with Crippen molar-refractivity contribution in [2.24, 2.45) is 0 Å². The van der Waals surface area contributed by atoms with Gasteiger partial charge in [-0.05, 0) is 80.1 Å². The van der Waals surface area contributed by atoms with Crippen molar-refractivity contribution in [1.29, 1.82) is 0 Å². The zero-order valence-electron chi connectivity index (χ0n) is 26.4. The molecule has 8 rings (SSSR count). The normalized spacial score (nSPS) is 21.3. The molecule has 4 bridgehead atoms. The summed E-state index contributed by atoms with van der Waals surface area (Å²) in [5.41, 5.74) is 4.73. The quantitative estimate of drug-likeness (QED) is 0.401. The van der Waals surface area contributed by atoms with Gasteiger partial charge in [0.05, 0.1) is 12.6 Å². The van der Waals surface area contributed by atoms with E-state index < -0.39 is 18.1 Å². The molecular weight excluding hydrogens is 598 g/mol. The second-order valence-corrected chi connectivity index (χ2v) is 12.9. The number of fused-ring (bicyclic) bond motifs is 8. The Balaban J connectivity index is 1.14. The highest BCUT2D eigenvalue weighted by molar-refractivity contribution is 6.01. The number of aryl methyl sites for hydroxylation is 2. The van der Waals surface area contributed by atoms with E-state index >= 15 is 0 Å². The van der Waals surface area contributed by atoms with Crippen molar-refractivity contribution in [2.75, 3.05) is 37.7 Å². The van der Waals surface area contributed by atoms with Crippen LogP contribution in [0.3, 0.4) is 0 Å². The first-order valence-electron chi connectivity index (χ1n) is 16.3. The van der Waals surface area contributed by atoms with E-state index in [9.17, 15) is 19.2 Å². The topological polar surface area (TPSA) is 129 Å². The third-order valence-corrected chi connectivity index (χ3v) is 9.09. The number of likely N-dealkylation sites (tertiary alicyclic amines) is 1.